The number of ether oxygens (including phenoxy) is 1. The van der Waals surface area contributed by atoms with E-state index in [9.17, 15) is 18.0 Å². The van der Waals surface area contributed by atoms with Crippen molar-refractivity contribution < 1.29 is 22.7 Å². The van der Waals surface area contributed by atoms with E-state index in [0.717, 1.165) is 38.8 Å². The highest BCUT2D eigenvalue weighted by molar-refractivity contribution is 7.89. The van der Waals surface area contributed by atoms with Crippen LogP contribution in [0.1, 0.15) is 44.6 Å². The third-order valence-corrected chi connectivity index (χ3v) is 8.23. The van der Waals surface area contributed by atoms with Crippen LogP contribution in [0, 0.1) is 12.8 Å². The predicted octanol–water partition coefficient (Wildman–Crippen LogP) is 2.13. The summed E-state index contributed by atoms with van der Waals surface area (Å²) in [5, 5.41) is 2.74. The number of carbonyl (C=O) groups excluding carboxylic acids is 2. The van der Waals surface area contributed by atoms with Crippen molar-refractivity contribution in [1.29, 1.82) is 0 Å². The smallest absolute Gasteiger partial charge is 0.265 e. The van der Waals surface area contributed by atoms with Crippen molar-refractivity contribution in [2.75, 3.05) is 31.5 Å². The first-order valence-electron chi connectivity index (χ1n) is 10.7. The van der Waals surface area contributed by atoms with Crippen molar-refractivity contribution in [2.45, 2.75) is 57.0 Å². The van der Waals surface area contributed by atoms with Crippen LogP contribution in [0.2, 0.25) is 0 Å². The zero-order valence-electron chi connectivity index (χ0n) is 17.5. The van der Waals surface area contributed by atoms with Gasteiger partial charge in [0.05, 0.1) is 16.5 Å². The van der Waals surface area contributed by atoms with E-state index < -0.39 is 16.1 Å². The molecule has 1 aromatic carbocycles. The average molecular weight is 436 g/mol. The van der Waals surface area contributed by atoms with Gasteiger partial charge in [-0.05, 0) is 57.6 Å². The molecule has 0 radical (unpaired) electrons. The molecule has 2 atom stereocenters. The summed E-state index contributed by atoms with van der Waals surface area (Å²) in [4.78, 5) is 26.8. The normalized spacial score (nSPS) is 25.3. The summed E-state index contributed by atoms with van der Waals surface area (Å²) in [6, 6.07) is 3.12. The molecule has 3 aliphatic heterocycles. The van der Waals surface area contributed by atoms with Crippen LogP contribution in [0.15, 0.2) is 17.0 Å². The molecule has 0 aromatic heterocycles. The van der Waals surface area contributed by atoms with Gasteiger partial charge in [-0.3, -0.25) is 9.59 Å². The first-order chi connectivity index (χ1) is 14.3. The number of hydrogen-bond acceptors (Lipinski definition) is 5. The Bertz CT molecular complexity index is 956. The van der Waals surface area contributed by atoms with E-state index >= 15 is 0 Å². The van der Waals surface area contributed by atoms with Crippen molar-refractivity contribution in [3.05, 3.63) is 17.7 Å². The fraction of sp³-hybridized carbons (Fsp3) is 0.619. The number of benzene rings is 1. The van der Waals surface area contributed by atoms with Crippen molar-refractivity contribution in [2.24, 2.45) is 5.92 Å². The monoisotopic (exact) mass is 435 g/mol. The van der Waals surface area contributed by atoms with E-state index in [1.165, 1.54) is 10.4 Å². The zero-order valence-corrected chi connectivity index (χ0v) is 18.3. The number of carbonyl (C=O) groups is 2. The number of rotatable bonds is 3. The number of nitrogens with one attached hydrogen (secondary N) is 1. The fourth-order valence-electron chi connectivity index (χ4n) is 4.49. The van der Waals surface area contributed by atoms with Crippen LogP contribution in [0.3, 0.4) is 0 Å². The molecule has 8 nitrogen and oxygen atoms in total. The van der Waals surface area contributed by atoms with Gasteiger partial charge in [0.25, 0.3) is 5.91 Å². The van der Waals surface area contributed by atoms with Gasteiger partial charge in [0, 0.05) is 32.2 Å². The molecule has 9 heteroatoms. The van der Waals surface area contributed by atoms with Gasteiger partial charge in [0.2, 0.25) is 15.9 Å². The highest BCUT2D eigenvalue weighted by Gasteiger charge is 2.37. The second kappa shape index (κ2) is 8.19. The van der Waals surface area contributed by atoms with Crippen LogP contribution >= 0.6 is 0 Å². The lowest BCUT2D eigenvalue weighted by atomic mass is 9.97. The topological polar surface area (TPSA) is 96.0 Å². The standard InChI is InChI=1S/C21H29N3O5S/c1-14-11-17-18(29-15(2)20(25)22-17)12-19(14)30(27,28)24-10-6-7-16(13-24)21(26)23-8-4-3-5-9-23/h11-12,15-16H,3-10,13H2,1-2H3,(H,22,25)/t15-,16-/m1/s1. The lowest BCUT2D eigenvalue weighted by Gasteiger charge is -2.36. The van der Waals surface area contributed by atoms with Crippen LogP contribution in [0.4, 0.5) is 5.69 Å². The van der Waals surface area contributed by atoms with Crippen molar-refractivity contribution in [3.63, 3.8) is 0 Å². The molecule has 0 aliphatic carbocycles. The Morgan fingerprint density at radius 1 is 1.13 bits per heavy atom. The summed E-state index contributed by atoms with van der Waals surface area (Å²) < 4.78 is 33.9. The summed E-state index contributed by atoms with van der Waals surface area (Å²) in [6.07, 6.45) is 3.88. The number of likely N-dealkylation sites (tertiary alicyclic amines) is 1. The third kappa shape index (κ3) is 3.92. The Balaban J connectivity index is 1.56. The first-order valence-corrected chi connectivity index (χ1v) is 12.1. The molecule has 1 aromatic rings. The summed E-state index contributed by atoms with van der Waals surface area (Å²) in [6.45, 7) is 5.48. The fourth-order valence-corrected chi connectivity index (χ4v) is 6.24. The van der Waals surface area contributed by atoms with Crippen LogP contribution in [0.5, 0.6) is 5.75 Å². The molecule has 2 saturated heterocycles. The van der Waals surface area contributed by atoms with Crippen molar-refractivity contribution >= 4 is 27.5 Å². The number of hydrogen-bond donors (Lipinski definition) is 1. The molecule has 0 saturated carbocycles. The van der Waals surface area contributed by atoms with Gasteiger partial charge in [-0.25, -0.2) is 8.42 Å². The van der Waals surface area contributed by atoms with Crippen LogP contribution in [0.25, 0.3) is 0 Å². The minimum atomic E-state index is -3.78. The molecular weight excluding hydrogens is 406 g/mol. The number of fused-ring (bicyclic) bond motifs is 1. The number of sulfonamides is 1. The number of piperidine rings is 2. The minimum absolute atomic E-state index is 0.0802. The van der Waals surface area contributed by atoms with E-state index in [0.29, 0.717) is 30.0 Å². The lowest BCUT2D eigenvalue weighted by Crippen LogP contribution is -2.48. The first kappa shape index (κ1) is 21.1. The maximum absolute atomic E-state index is 13.4. The highest BCUT2D eigenvalue weighted by atomic mass is 32.2. The van der Waals surface area contributed by atoms with Gasteiger partial charge in [0.1, 0.15) is 5.75 Å². The maximum atomic E-state index is 13.4. The Kier molecular flexibility index (Phi) is 5.76. The second-order valence-corrected chi connectivity index (χ2v) is 10.4. The van der Waals surface area contributed by atoms with E-state index in [1.54, 1.807) is 19.9 Å². The molecule has 3 heterocycles. The second-order valence-electron chi connectivity index (χ2n) is 8.45. The van der Waals surface area contributed by atoms with E-state index in [4.69, 9.17) is 4.74 Å². The van der Waals surface area contributed by atoms with E-state index in [1.807, 2.05) is 4.90 Å². The van der Waals surface area contributed by atoms with Gasteiger partial charge >= 0.3 is 0 Å². The molecule has 0 spiro atoms. The molecule has 3 aliphatic rings. The highest BCUT2D eigenvalue weighted by Crippen LogP contribution is 2.36. The van der Waals surface area contributed by atoms with Gasteiger partial charge < -0.3 is 15.0 Å². The molecule has 1 N–H and O–H groups in total. The number of anilines is 1. The van der Waals surface area contributed by atoms with Gasteiger partial charge in [-0.2, -0.15) is 4.31 Å². The molecule has 2 fully saturated rings. The summed E-state index contributed by atoms with van der Waals surface area (Å²) >= 11 is 0. The molecule has 0 bridgehead atoms. The summed E-state index contributed by atoms with van der Waals surface area (Å²) in [5.74, 6) is -0.117. The third-order valence-electron chi connectivity index (χ3n) is 6.23. The van der Waals surface area contributed by atoms with Crippen molar-refractivity contribution in [3.8, 4) is 5.75 Å². The maximum Gasteiger partial charge on any atom is 0.265 e. The minimum Gasteiger partial charge on any atom is -0.479 e. The van der Waals surface area contributed by atoms with Crippen molar-refractivity contribution in [1.82, 2.24) is 9.21 Å². The summed E-state index contributed by atoms with van der Waals surface area (Å²) in [5.41, 5.74) is 1.02. The van der Waals surface area contributed by atoms with Gasteiger partial charge in [-0.1, -0.05) is 0 Å². The quantitative estimate of drug-likeness (QED) is 0.785. The Hall–Kier alpha value is -2.13. The molecule has 30 heavy (non-hydrogen) atoms. The molecule has 2 amide bonds. The van der Waals surface area contributed by atoms with Crippen LogP contribution in [-0.2, 0) is 19.6 Å². The lowest BCUT2D eigenvalue weighted by molar-refractivity contribution is -0.137. The Labute approximate surface area is 177 Å². The summed E-state index contributed by atoms with van der Waals surface area (Å²) in [7, 11) is -3.78. The number of aryl methyl sites for hydroxylation is 1. The largest absolute Gasteiger partial charge is 0.479 e. The Morgan fingerprint density at radius 2 is 1.87 bits per heavy atom. The zero-order chi connectivity index (χ0) is 21.5. The SMILES string of the molecule is Cc1cc2c(cc1S(=O)(=O)N1CCC[C@@H](C(=O)N3CCCCC3)C1)O[C@H](C)C(=O)N2. The predicted molar refractivity (Wildman–Crippen MR) is 112 cm³/mol. The Morgan fingerprint density at radius 3 is 2.60 bits per heavy atom. The van der Waals surface area contributed by atoms with E-state index in [2.05, 4.69) is 5.32 Å². The number of nitrogens with zero attached hydrogens (tertiary/aromatic N) is 2. The molecule has 4 rings (SSSR count). The van der Waals surface area contributed by atoms with Crippen LogP contribution in [-0.4, -0.2) is 61.7 Å². The molecule has 164 valence electrons. The molecule has 0 unspecified atom stereocenters. The van der Waals surface area contributed by atoms with Crippen LogP contribution < -0.4 is 10.1 Å². The van der Waals surface area contributed by atoms with Gasteiger partial charge in [0.15, 0.2) is 6.10 Å². The van der Waals surface area contributed by atoms with E-state index in [-0.39, 0.29) is 29.2 Å². The number of amides is 2. The van der Waals surface area contributed by atoms with Gasteiger partial charge in [-0.15, -0.1) is 0 Å². The average Bonchev–Trinajstić information content (AvgIpc) is 2.74. The molecular formula is C21H29N3O5S.